The normalized spacial score (nSPS) is 12.1. The van der Waals surface area contributed by atoms with Crippen molar-refractivity contribution in [3.8, 4) is 5.75 Å². The Balaban J connectivity index is 2.04. The first kappa shape index (κ1) is 31.2. The van der Waals surface area contributed by atoms with Gasteiger partial charge in [0.05, 0.1) is 17.7 Å². The standard InChI is InChI=1S/C30H36BrN3O5S/c1-5-28(30(36)32-19-22(2)3)33(20-23-10-9-11-26(18-23)39-4)29(35)21-34(25-16-14-24(31)15-17-25)40(37,38)27-12-7-6-8-13-27/h6-18,22,28H,5,19-21H2,1-4H3,(H,32,36). The molecule has 3 aromatic rings. The summed E-state index contributed by atoms with van der Waals surface area (Å²) in [4.78, 5) is 28.9. The highest BCUT2D eigenvalue weighted by atomic mass is 79.9. The lowest BCUT2D eigenvalue weighted by atomic mass is 10.1. The molecule has 8 nitrogen and oxygen atoms in total. The van der Waals surface area contributed by atoms with Crippen LogP contribution in [0, 0.1) is 5.92 Å². The van der Waals surface area contributed by atoms with E-state index in [9.17, 15) is 18.0 Å². The van der Waals surface area contributed by atoms with Gasteiger partial charge in [-0.1, -0.05) is 67.0 Å². The molecule has 0 fully saturated rings. The fraction of sp³-hybridized carbons (Fsp3) is 0.333. The van der Waals surface area contributed by atoms with Crippen LogP contribution in [0.15, 0.2) is 88.2 Å². The third kappa shape index (κ3) is 8.08. The van der Waals surface area contributed by atoms with E-state index in [1.807, 2.05) is 32.9 Å². The zero-order valence-corrected chi connectivity index (χ0v) is 25.6. The lowest BCUT2D eigenvalue weighted by Crippen LogP contribution is -2.52. The zero-order chi connectivity index (χ0) is 29.3. The van der Waals surface area contributed by atoms with Crippen LogP contribution in [-0.4, -0.2) is 51.4 Å². The number of hydrogen-bond acceptors (Lipinski definition) is 5. The van der Waals surface area contributed by atoms with Crippen LogP contribution in [0.5, 0.6) is 5.75 Å². The smallest absolute Gasteiger partial charge is 0.264 e. The van der Waals surface area contributed by atoms with Gasteiger partial charge in [0.2, 0.25) is 11.8 Å². The lowest BCUT2D eigenvalue weighted by Gasteiger charge is -2.33. The van der Waals surface area contributed by atoms with Crippen molar-refractivity contribution >= 4 is 43.5 Å². The second kappa shape index (κ2) is 14.3. The molecule has 1 atom stereocenters. The molecule has 0 heterocycles. The molecule has 0 bridgehead atoms. The highest BCUT2D eigenvalue weighted by Gasteiger charge is 2.33. The highest BCUT2D eigenvalue weighted by molar-refractivity contribution is 9.10. The van der Waals surface area contributed by atoms with Gasteiger partial charge < -0.3 is 15.0 Å². The van der Waals surface area contributed by atoms with Crippen LogP contribution in [-0.2, 0) is 26.2 Å². The number of methoxy groups -OCH3 is 1. The molecule has 0 spiro atoms. The molecular formula is C30H36BrN3O5S. The Morgan fingerprint density at radius 3 is 2.25 bits per heavy atom. The van der Waals surface area contributed by atoms with E-state index in [1.54, 1.807) is 61.7 Å². The Morgan fingerprint density at radius 2 is 1.65 bits per heavy atom. The second-order valence-electron chi connectivity index (χ2n) is 9.74. The van der Waals surface area contributed by atoms with Crippen molar-refractivity contribution < 1.29 is 22.7 Å². The Bertz CT molecular complexity index is 1380. The quantitative estimate of drug-likeness (QED) is 0.279. The Morgan fingerprint density at radius 1 is 0.975 bits per heavy atom. The largest absolute Gasteiger partial charge is 0.497 e. The van der Waals surface area contributed by atoms with Crippen LogP contribution in [0.25, 0.3) is 0 Å². The summed E-state index contributed by atoms with van der Waals surface area (Å²) in [7, 11) is -2.55. The van der Waals surface area contributed by atoms with Gasteiger partial charge in [-0.15, -0.1) is 0 Å². The molecule has 0 aliphatic carbocycles. The van der Waals surface area contributed by atoms with Crippen molar-refractivity contribution in [2.45, 2.75) is 44.7 Å². The van der Waals surface area contributed by atoms with E-state index in [0.717, 1.165) is 14.3 Å². The van der Waals surface area contributed by atoms with E-state index in [0.29, 0.717) is 24.4 Å². The predicted molar refractivity (Wildman–Crippen MR) is 161 cm³/mol. The van der Waals surface area contributed by atoms with Crippen molar-refractivity contribution in [1.82, 2.24) is 10.2 Å². The van der Waals surface area contributed by atoms with E-state index in [2.05, 4.69) is 21.2 Å². The second-order valence-corrected chi connectivity index (χ2v) is 12.5. The van der Waals surface area contributed by atoms with E-state index in [4.69, 9.17) is 4.74 Å². The van der Waals surface area contributed by atoms with Crippen LogP contribution in [0.2, 0.25) is 0 Å². The first-order valence-electron chi connectivity index (χ1n) is 13.1. The predicted octanol–water partition coefficient (Wildman–Crippen LogP) is 5.23. The summed E-state index contributed by atoms with van der Waals surface area (Å²) in [5.74, 6) is 0.0589. The van der Waals surface area contributed by atoms with E-state index in [1.165, 1.54) is 17.0 Å². The monoisotopic (exact) mass is 629 g/mol. The molecule has 10 heteroatoms. The van der Waals surface area contributed by atoms with Crippen molar-refractivity contribution in [1.29, 1.82) is 0 Å². The number of carbonyl (C=O) groups is 2. The molecule has 0 saturated heterocycles. The maximum absolute atomic E-state index is 14.1. The van der Waals surface area contributed by atoms with Crippen LogP contribution in [0.4, 0.5) is 5.69 Å². The van der Waals surface area contributed by atoms with Gasteiger partial charge in [-0.05, 0) is 66.4 Å². The van der Waals surface area contributed by atoms with Gasteiger partial charge in [-0.3, -0.25) is 13.9 Å². The summed E-state index contributed by atoms with van der Waals surface area (Å²) in [5.41, 5.74) is 1.09. The summed E-state index contributed by atoms with van der Waals surface area (Å²) < 4.78 is 34.8. The summed E-state index contributed by atoms with van der Waals surface area (Å²) in [6.45, 7) is 5.89. The maximum atomic E-state index is 14.1. The van der Waals surface area contributed by atoms with Crippen LogP contribution in [0.3, 0.4) is 0 Å². The number of halogens is 1. The molecule has 0 radical (unpaired) electrons. The van der Waals surface area contributed by atoms with Gasteiger partial charge in [0.1, 0.15) is 18.3 Å². The number of hydrogen-bond donors (Lipinski definition) is 1. The Labute approximate surface area is 245 Å². The number of benzene rings is 3. The number of sulfonamides is 1. The molecular weight excluding hydrogens is 594 g/mol. The van der Waals surface area contributed by atoms with Crippen molar-refractivity contribution in [2.75, 3.05) is 24.5 Å². The van der Waals surface area contributed by atoms with Crippen molar-refractivity contribution in [3.63, 3.8) is 0 Å². The molecule has 1 N–H and O–H groups in total. The fourth-order valence-corrected chi connectivity index (χ4v) is 5.86. The summed E-state index contributed by atoms with van der Waals surface area (Å²) in [6.07, 6.45) is 0.351. The molecule has 0 aliphatic rings. The minimum atomic E-state index is -4.10. The average Bonchev–Trinajstić information content (AvgIpc) is 2.95. The Hall–Kier alpha value is -3.37. The van der Waals surface area contributed by atoms with E-state index >= 15 is 0 Å². The molecule has 3 rings (SSSR count). The Kier molecular flexibility index (Phi) is 11.2. The zero-order valence-electron chi connectivity index (χ0n) is 23.2. The van der Waals surface area contributed by atoms with Gasteiger partial charge in [-0.25, -0.2) is 8.42 Å². The molecule has 3 aromatic carbocycles. The van der Waals surface area contributed by atoms with E-state index < -0.39 is 28.5 Å². The molecule has 2 amide bonds. The fourth-order valence-electron chi connectivity index (χ4n) is 4.17. The lowest BCUT2D eigenvalue weighted by molar-refractivity contribution is -0.140. The third-order valence-electron chi connectivity index (χ3n) is 6.28. The van der Waals surface area contributed by atoms with Crippen LogP contribution < -0.4 is 14.4 Å². The van der Waals surface area contributed by atoms with Crippen molar-refractivity contribution in [3.05, 3.63) is 88.9 Å². The summed E-state index contributed by atoms with van der Waals surface area (Å²) >= 11 is 3.38. The summed E-state index contributed by atoms with van der Waals surface area (Å²) in [6, 6.07) is 21.1. The summed E-state index contributed by atoms with van der Waals surface area (Å²) in [5, 5.41) is 2.93. The number of nitrogens with one attached hydrogen (secondary N) is 1. The topological polar surface area (TPSA) is 96.0 Å². The van der Waals surface area contributed by atoms with Gasteiger partial charge in [-0.2, -0.15) is 0 Å². The molecule has 40 heavy (non-hydrogen) atoms. The van der Waals surface area contributed by atoms with Crippen LogP contribution in [0.1, 0.15) is 32.8 Å². The van der Waals surface area contributed by atoms with Gasteiger partial charge in [0, 0.05) is 17.6 Å². The minimum Gasteiger partial charge on any atom is -0.497 e. The number of anilines is 1. The maximum Gasteiger partial charge on any atom is 0.264 e. The molecule has 0 saturated carbocycles. The molecule has 0 aromatic heterocycles. The average molecular weight is 631 g/mol. The van der Waals surface area contributed by atoms with Gasteiger partial charge in [0.15, 0.2) is 0 Å². The number of carbonyl (C=O) groups excluding carboxylic acids is 2. The molecule has 0 aliphatic heterocycles. The first-order chi connectivity index (χ1) is 19.1. The number of rotatable bonds is 13. The number of nitrogens with zero attached hydrogens (tertiary/aromatic N) is 2. The SMILES string of the molecule is CCC(C(=O)NCC(C)C)N(Cc1cccc(OC)c1)C(=O)CN(c1ccc(Br)cc1)S(=O)(=O)c1ccccc1. The minimum absolute atomic E-state index is 0.0618. The number of ether oxygens (including phenoxy) is 1. The molecule has 214 valence electrons. The third-order valence-corrected chi connectivity index (χ3v) is 8.60. The van der Waals surface area contributed by atoms with E-state index in [-0.39, 0.29) is 23.3 Å². The van der Waals surface area contributed by atoms with Crippen molar-refractivity contribution in [2.24, 2.45) is 5.92 Å². The van der Waals surface area contributed by atoms with Gasteiger partial charge in [0.25, 0.3) is 10.0 Å². The first-order valence-corrected chi connectivity index (χ1v) is 15.3. The van der Waals surface area contributed by atoms with Crippen LogP contribution >= 0.6 is 15.9 Å². The molecule has 1 unspecified atom stereocenters. The number of amides is 2. The van der Waals surface area contributed by atoms with Gasteiger partial charge >= 0.3 is 0 Å². The highest BCUT2D eigenvalue weighted by Crippen LogP contribution is 2.26.